The van der Waals surface area contributed by atoms with Crippen molar-refractivity contribution in [2.45, 2.75) is 50.3 Å². The molecule has 0 aromatic rings. The summed E-state index contributed by atoms with van der Waals surface area (Å²) in [6.07, 6.45) is 3.75. The van der Waals surface area contributed by atoms with Gasteiger partial charge in [-0.3, -0.25) is 0 Å². The molecule has 0 rings (SSSR count). The van der Waals surface area contributed by atoms with E-state index in [2.05, 4.69) is 15.9 Å². The Bertz CT molecular complexity index is 394. The van der Waals surface area contributed by atoms with E-state index in [1.807, 2.05) is 27.1 Å². The van der Waals surface area contributed by atoms with Gasteiger partial charge in [-0.25, -0.2) is 9.18 Å². The number of carbonyl (C=O) groups is 1. The first kappa shape index (κ1) is 19.4. The number of carboxylic acid groups (broad SMARTS) is 1. The SMILES string of the molecule is C[B]C(C)C=CC(Br)C(C)(O)/C(CF)=C(\CC)C(=O)O. The molecule has 0 saturated carbocycles. The average molecular weight is 348 g/mol. The summed E-state index contributed by atoms with van der Waals surface area (Å²) in [7, 11) is 1.98. The van der Waals surface area contributed by atoms with Crippen LogP contribution < -0.4 is 0 Å². The van der Waals surface area contributed by atoms with Gasteiger partial charge >= 0.3 is 5.97 Å². The number of allylic oxidation sites excluding steroid dienone is 1. The Morgan fingerprint density at radius 1 is 1.50 bits per heavy atom. The Hall–Kier alpha value is -0.615. The Labute approximate surface area is 129 Å². The number of aliphatic hydroxyl groups is 1. The number of hydrogen-bond acceptors (Lipinski definition) is 2. The Kier molecular flexibility index (Phi) is 8.36. The normalized spacial score (nSPS) is 19.1. The Morgan fingerprint density at radius 3 is 2.40 bits per heavy atom. The lowest BCUT2D eigenvalue weighted by molar-refractivity contribution is -0.133. The molecule has 0 aliphatic carbocycles. The second-order valence-electron chi connectivity index (χ2n) is 4.88. The summed E-state index contributed by atoms with van der Waals surface area (Å²) in [5, 5.41) is 19.6. The lowest BCUT2D eigenvalue weighted by Crippen LogP contribution is -2.39. The molecule has 20 heavy (non-hydrogen) atoms. The van der Waals surface area contributed by atoms with E-state index < -0.39 is 23.1 Å². The van der Waals surface area contributed by atoms with E-state index in [9.17, 15) is 14.3 Å². The van der Waals surface area contributed by atoms with Gasteiger partial charge in [-0.05, 0) is 13.3 Å². The van der Waals surface area contributed by atoms with Crippen molar-refractivity contribution in [1.82, 2.24) is 0 Å². The second-order valence-corrected chi connectivity index (χ2v) is 5.86. The molecular weight excluding hydrogens is 326 g/mol. The fraction of sp³-hybridized carbons (Fsp3) is 0.643. The van der Waals surface area contributed by atoms with Gasteiger partial charge in [0, 0.05) is 11.1 Å². The van der Waals surface area contributed by atoms with Gasteiger partial charge < -0.3 is 10.2 Å². The molecule has 0 spiro atoms. The monoisotopic (exact) mass is 347 g/mol. The van der Waals surface area contributed by atoms with Crippen LogP contribution in [-0.2, 0) is 4.79 Å². The highest BCUT2D eigenvalue weighted by atomic mass is 79.9. The van der Waals surface area contributed by atoms with Gasteiger partial charge in [0.15, 0.2) is 0 Å². The Morgan fingerprint density at radius 2 is 2.05 bits per heavy atom. The van der Waals surface area contributed by atoms with Crippen molar-refractivity contribution >= 4 is 29.2 Å². The highest BCUT2D eigenvalue weighted by Gasteiger charge is 2.35. The number of halogens is 2. The molecular formula is C14H22BBrFO3. The minimum atomic E-state index is -1.59. The first-order valence-electron chi connectivity index (χ1n) is 6.58. The van der Waals surface area contributed by atoms with E-state index in [4.69, 9.17) is 5.11 Å². The topological polar surface area (TPSA) is 57.5 Å². The van der Waals surface area contributed by atoms with Gasteiger partial charge in [-0.15, -0.1) is 0 Å². The molecule has 0 amide bonds. The molecule has 3 nitrogen and oxygen atoms in total. The van der Waals surface area contributed by atoms with Crippen molar-refractivity contribution in [3.05, 3.63) is 23.3 Å². The summed E-state index contributed by atoms with van der Waals surface area (Å²) >= 11 is 3.30. The number of rotatable bonds is 8. The number of carboxylic acids is 1. The maximum absolute atomic E-state index is 13.2. The number of hydrogen-bond donors (Lipinski definition) is 2. The zero-order chi connectivity index (χ0) is 15.9. The maximum Gasteiger partial charge on any atom is 0.331 e. The van der Waals surface area contributed by atoms with Crippen LogP contribution in [0.2, 0.25) is 12.6 Å². The van der Waals surface area contributed by atoms with E-state index in [-0.39, 0.29) is 23.4 Å². The summed E-state index contributed by atoms with van der Waals surface area (Å²) in [5.74, 6) is -0.979. The third-order valence-electron chi connectivity index (χ3n) is 3.37. The fourth-order valence-electron chi connectivity index (χ4n) is 1.75. The first-order valence-corrected chi connectivity index (χ1v) is 7.49. The molecule has 2 N–H and O–H groups in total. The lowest BCUT2D eigenvalue weighted by Gasteiger charge is -2.30. The molecule has 3 unspecified atom stereocenters. The number of aliphatic carboxylic acids is 1. The van der Waals surface area contributed by atoms with Crippen LogP contribution >= 0.6 is 15.9 Å². The Balaban J connectivity index is 5.46. The van der Waals surface area contributed by atoms with E-state index in [0.29, 0.717) is 0 Å². The smallest absolute Gasteiger partial charge is 0.331 e. The molecule has 6 heteroatoms. The molecule has 3 atom stereocenters. The zero-order valence-corrected chi connectivity index (χ0v) is 13.9. The van der Waals surface area contributed by atoms with Gasteiger partial charge in [0.2, 0.25) is 0 Å². The highest BCUT2D eigenvalue weighted by Crippen LogP contribution is 2.31. The lowest BCUT2D eigenvalue weighted by atomic mass is 9.68. The molecule has 0 heterocycles. The molecule has 0 fully saturated rings. The van der Waals surface area contributed by atoms with Gasteiger partial charge in [0.25, 0.3) is 0 Å². The summed E-state index contributed by atoms with van der Waals surface area (Å²) in [4.78, 5) is 10.6. The summed E-state index contributed by atoms with van der Waals surface area (Å²) in [5.41, 5.74) is -1.76. The van der Waals surface area contributed by atoms with Gasteiger partial charge in [-0.2, -0.15) is 0 Å². The summed E-state index contributed by atoms with van der Waals surface area (Å²) in [6.45, 7) is 5.95. The minimum Gasteiger partial charge on any atom is -0.478 e. The molecule has 0 saturated heterocycles. The standard InChI is InChI=1S/C14H22BBrFO3/c1-5-10(13(18)19)11(8-17)14(3,20)12(16)7-6-9(2)15-4/h6-7,9,12,20H,5,8H2,1-4H3,(H,18,19)/b7-6?,11-10+. The fourth-order valence-corrected chi connectivity index (χ4v) is 2.21. The van der Waals surface area contributed by atoms with Crippen LogP contribution in [0.1, 0.15) is 27.2 Å². The molecule has 0 aromatic heterocycles. The van der Waals surface area contributed by atoms with Crippen molar-refractivity contribution in [3.8, 4) is 0 Å². The highest BCUT2D eigenvalue weighted by molar-refractivity contribution is 9.09. The van der Waals surface area contributed by atoms with Crippen LogP contribution in [0, 0.1) is 0 Å². The minimum absolute atomic E-state index is 0.0783. The quantitative estimate of drug-likeness (QED) is 0.306. The van der Waals surface area contributed by atoms with Crippen LogP contribution in [0.25, 0.3) is 0 Å². The molecule has 1 radical (unpaired) electrons. The predicted octanol–water partition coefficient (Wildman–Crippen LogP) is 3.38. The van der Waals surface area contributed by atoms with Crippen LogP contribution in [0.15, 0.2) is 23.3 Å². The summed E-state index contributed by atoms with van der Waals surface area (Å²) in [6, 6.07) is 0. The van der Waals surface area contributed by atoms with E-state index in [0.717, 1.165) is 0 Å². The van der Waals surface area contributed by atoms with Crippen LogP contribution in [0.5, 0.6) is 0 Å². The van der Waals surface area contributed by atoms with Gasteiger partial charge in [-0.1, -0.05) is 54.6 Å². The first-order chi connectivity index (χ1) is 9.22. The van der Waals surface area contributed by atoms with E-state index in [1.165, 1.54) is 6.92 Å². The largest absolute Gasteiger partial charge is 0.478 e. The predicted molar refractivity (Wildman–Crippen MR) is 84.4 cm³/mol. The second kappa shape index (κ2) is 8.62. The van der Waals surface area contributed by atoms with Crippen molar-refractivity contribution in [2.24, 2.45) is 0 Å². The van der Waals surface area contributed by atoms with Crippen LogP contribution in [-0.4, -0.2) is 40.6 Å². The molecule has 0 aliphatic heterocycles. The van der Waals surface area contributed by atoms with Crippen LogP contribution in [0.4, 0.5) is 4.39 Å². The van der Waals surface area contributed by atoms with Crippen molar-refractivity contribution in [1.29, 1.82) is 0 Å². The average Bonchev–Trinajstić information content (AvgIpc) is 2.40. The third kappa shape index (κ3) is 5.06. The van der Waals surface area contributed by atoms with E-state index >= 15 is 0 Å². The summed E-state index contributed by atoms with van der Waals surface area (Å²) < 4.78 is 13.2. The van der Waals surface area contributed by atoms with Crippen LogP contribution in [0.3, 0.4) is 0 Å². The molecule has 0 aliphatic rings. The third-order valence-corrected chi connectivity index (χ3v) is 4.56. The molecule has 0 bridgehead atoms. The maximum atomic E-state index is 13.2. The van der Waals surface area contributed by atoms with Crippen molar-refractivity contribution < 1.29 is 19.4 Å². The van der Waals surface area contributed by atoms with Crippen molar-refractivity contribution in [3.63, 3.8) is 0 Å². The molecule has 113 valence electrons. The van der Waals surface area contributed by atoms with Gasteiger partial charge in [0.05, 0.1) is 4.83 Å². The number of alkyl halides is 2. The van der Waals surface area contributed by atoms with Gasteiger partial charge in [0.1, 0.15) is 19.6 Å². The van der Waals surface area contributed by atoms with Crippen molar-refractivity contribution in [2.75, 3.05) is 6.67 Å². The zero-order valence-electron chi connectivity index (χ0n) is 12.4. The molecule has 0 aromatic carbocycles. The van der Waals surface area contributed by atoms with E-state index in [1.54, 1.807) is 13.0 Å².